The second kappa shape index (κ2) is 9.23. The van der Waals surface area contributed by atoms with Crippen molar-refractivity contribution in [2.24, 2.45) is 5.92 Å². The number of amides is 2. The lowest BCUT2D eigenvalue weighted by atomic mass is 10.0. The molecule has 2 rings (SSSR count). The molecule has 1 heterocycles. The maximum Gasteiger partial charge on any atom is 0.338 e. The van der Waals surface area contributed by atoms with Gasteiger partial charge in [-0.15, -0.1) is 0 Å². The van der Waals surface area contributed by atoms with Gasteiger partial charge in [0.15, 0.2) is 0 Å². The third kappa shape index (κ3) is 6.95. The molecule has 7 heteroatoms. The topological polar surface area (TPSA) is 96.5 Å². The summed E-state index contributed by atoms with van der Waals surface area (Å²) in [7, 11) is 0. The summed E-state index contributed by atoms with van der Waals surface area (Å²) in [5.74, 6) is -1.81. The molecule has 0 saturated heterocycles. The first-order valence-electron chi connectivity index (χ1n) is 9.32. The molecule has 1 aromatic rings. The molecular weight excluding hydrogens is 370 g/mol. The molecular formula is C22H27N3O4. The number of hydrogen-bond donors (Lipinski definition) is 3. The minimum absolute atomic E-state index is 0.0781. The van der Waals surface area contributed by atoms with Crippen LogP contribution < -0.4 is 16.2 Å². The van der Waals surface area contributed by atoms with Crippen LogP contribution in [0, 0.1) is 5.92 Å². The van der Waals surface area contributed by atoms with Crippen molar-refractivity contribution >= 4 is 17.8 Å². The molecule has 0 aliphatic carbocycles. The SMILES string of the molecule is C=C1C=C(C(=O)OC(C)(C)C)C=C(C(=O)NNC(=O)[C@@H](C)Cc2ccccc2)N1. The van der Waals surface area contributed by atoms with E-state index in [1.165, 1.54) is 12.2 Å². The Morgan fingerprint density at radius 2 is 1.76 bits per heavy atom. The van der Waals surface area contributed by atoms with E-state index in [9.17, 15) is 14.4 Å². The van der Waals surface area contributed by atoms with E-state index < -0.39 is 17.5 Å². The Bertz CT molecular complexity index is 864. The van der Waals surface area contributed by atoms with Gasteiger partial charge in [0.2, 0.25) is 5.91 Å². The first-order chi connectivity index (χ1) is 13.5. The van der Waals surface area contributed by atoms with Gasteiger partial charge in [0.25, 0.3) is 5.91 Å². The number of benzene rings is 1. The van der Waals surface area contributed by atoms with Gasteiger partial charge in [-0.2, -0.15) is 0 Å². The second-order valence-corrected chi connectivity index (χ2v) is 7.84. The van der Waals surface area contributed by atoms with Crippen LogP contribution in [0.5, 0.6) is 0 Å². The fourth-order valence-corrected chi connectivity index (χ4v) is 2.58. The molecule has 29 heavy (non-hydrogen) atoms. The lowest BCUT2D eigenvalue weighted by Crippen LogP contribution is -2.46. The first kappa shape index (κ1) is 21.9. The Kier molecular flexibility index (Phi) is 6.98. The number of esters is 1. The molecule has 3 N–H and O–H groups in total. The molecule has 0 unspecified atom stereocenters. The van der Waals surface area contributed by atoms with E-state index in [1.807, 2.05) is 30.3 Å². The van der Waals surface area contributed by atoms with Crippen molar-refractivity contribution in [3.05, 3.63) is 71.6 Å². The minimum Gasteiger partial charge on any atom is -0.456 e. The van der Waals surface area contributed by atoms with Crippen molar-refractivity contribution in [2.75, 3.05) is 0 Å². The summed E-state index contributed by atoms with van der Waals surface area (Å²) in [6, 6.07) is 9.61. The van der Waals surface area contributed by atoms with Crippen molar-refractivity contribution in [2.45, 2.75) is 39.7 Å². The molecule has 154 valence electrons. The molecule has 1 aliphatic rings. The third-order valence-corrected chi connectivity index (χ3v) is 3.94. The second-order valence-electron chi connectivity index (χ2n) is 7.84. The zero-order valence-corrected chi connectivity index (χ0v) is 17.2. The van der Waals surface area contributed by atoms with E-state index >= 15 is 0 Å². The van der Waals surface area contributed by atoms with Crippen molar-refractivity contribution in [3.8, 4) is 0 Å². The zero-order valence-electron chi connectivity index (χ0n) is 17.2. The molecule has 1 aliphatic heterocycles. The van der Waals surface area contributed by atoms with Gasteiger partial charge in [0.05, 0.1) is 5.57 Å². The van der Waals surface area contributed by atoms with Crippen LogP contribution in [-0.4, -0.2) is 23.4 Å². The number of dihydropyridines is 1. The lowest BCUT2D eigenvalue weighted by molar-refractivity contribution is -0.149. The number of carbonyl (C=O) groups is 3. The van der Waals surface area contributed by atoms with E-state index in [2.05, 4.69) is 22.7 Å². The van der Waals surface area contributed by atoms with Crippen LogP contribution in [0.15, 0.2) is 66.0 Å². The fourth-order valence-electron chi connectivity index (χ4n) is 2.58. The molecule has 0 spiro atoms. The molecule has 0 saturated carbocycles. The Hall–Kier alpha value is -3.35. The number of hydrazine groups is 1. The maximum absolute atomic E-state index is 12.4. The van der Waals surface area contributed by atoms with E-state index in [-0.39, 0.29) is 23.1 Å². The fraction of sp³-hybridized carbons (Fsp3) is 0.318. The van der Waals surface area contributed by atoms with Crippen LogP contribution in [0.2, 0.25) is 0 Å². The van der Waals surface area contributed by atoms with Crippen molar-refractivity contribution in [1.29, 1.82) is 0 Å². The third-order valence-electron chi connectivity index (χ3n) is 3.94. The van der Waals surface area contributed by atoms with Gasteiger partial charge >= 0.3 is 5.97 Å². The Balaban J connectivity index is 1.95. The predicted molar refractivity (Wildman–Crippen MR) is 110 cm³/mol. The standard InChI is InChI=1S/C22H27N3O4/c1-14(11-16-9-7-6-8-10-16)19(26)24-25-20(27)18-13-17(12-15(2)23-18)21(28)29-22(3,4)5/h6-10,12-14,23H,2,11H2,1,3-5H3,(H,24,26)(H,25,27)/t14-/m0/s1. The lowest BCUT2D eigenvalue weighted by Gasteiger charge is -2.22. The number of nitrogens with one attached hydrogen (secondary N) is 3. The van der Waals surface area contributed by atoms with Gasteiger partial charge in [-0.25, -0.2) is 4.79 Å². The highest BCUT2D eigenvalue weighted by Gasteiger charge is 2.24. The number of rotatable bonds is 5. The summed E-state index contributed by atoms with van der Waals surface area (Å²) in [6.45, 7) is 10.8. The highest BCUT2D eigenvalue weighted by atomic mass is 16.6. The van der Waals surface area contributed by atoms with Gasteiger partial charge in [-0.05, 0) is 44.9 Å². The molecule has 0 bridgehead atoms. The predicted octanol–water partition coefficient (Wildman–Crippen LogP) is 2.28. The van der Waals surface area contributed by atoms with Crippen LogP contribution in [0.25, 0.3) is 0 Å². The summed E-state index contributed by atoms with van der Waals surface area (Å²) in [6.07, 6.45) is 3.40. The number of allylic oxidation sites excluding steroid dienone is 1. The quantitative estimate of drug-likeness (QED) is 0.523. The molecule has 7 nitrogen and oxygen atoms in total. The molecule has 0 aromatic heterocycles. The Labute approximate surface area is 170 Å². The summed E-state index contributed by atoms with van der Waals surface area (Å²) < 4.78 is 5.32. The smallest absolute Gasteiger partial charge is 0.338 e. The van der Waals surface area contributed by atoms with Gasteiger partial charge in [-0.3, -0.25) is 20.4 Å². The van der Waals surface area contributed by atoms with Gasteiger partial charge in [-0.1, -0.05) is 43.8 Å². The van der Waals surface area contributed by atoms with Crippen LogP contribution >= 0.6 is 0 Å². The normalized spacial score (nSPS) is 14.7. The van der Waals surface area contributed by atoms with E-state index in [0.717, 1.165) is 5.56 Å². The molecule has 1 aromatic carbocycles. The van der Waals surface area contributed by atoms with Crippen LogP contribution in [-0.2, 0) is 25.5 Å². The van der Waals surface area contributed by atoms with E-state index in [1.54, 1.807) is 27.7 Å². The highest BCUT2D eigenvalue weighted by molar-refractivity contribution is 6.00. The largest absolute Gasteiger partial charge is 0.456 e. The zero-order chi connectivity index (χ0) is 21.6. The maximum atomic E-state index is 12.4. The summed E-state index contributed by atoms with van der Waals surface area (Å²) in [5.41, 5.74) is 5.77. The van der Waals surface area contributed by atoms with Gasteiger partial charge in [0, 0.05) is 11.6 Å². The molecule has 1 atom stereocenters. The molecule has 2 amide bonds. The van der Waals surface area contributed by atoms with Gasteiger partial charge < -0.3 is 10.1 Å². The first-order valence-corrected chi connectivity index (χ1v) is 9.32. The van der Waals surface area contributed by atoms with E-state index in [0.29, 0.717) is 12.1 Å². The number of carbonyl (C=O) groups excluding carboxylic acids is 3. The number of hydrogen-bond acceptors (Lipinski definition) is 5. The average Bonchev–Trinajstić information content (AvgIpc) is 2.64. The summed E-state index contributed by atoms with van der Waals surface area (Å²) >= 11 is 0. The average molecular weight is 397 g/mol. The Morgan fingerprint density at radius 1 is 1.10 bits per heavy atom. The monoisotopic (exact) mass is 397 g/mol. The van der Waals surface area contributed by atoms with Crippen LogP contribution in [0.1, 0.15) is 33.3 Å². The van der Waals surface area contributed by atoms with Crippen molar-refractivity contribution in [1.82, 2.24) is 16.2 Å². The minimum atomic E-state index is -0.663. The highest BCUT2D eigenvalue weighted by Crippen LogP contribution is 2.17. The summed E-state index contributed by atoms with van der Waals surface area (Å²) in [5, 5.41) is 2.78. The van der Waals surface area contributed by atoms with Crippen molar-refractivity contribution in [3.63, 3.8) is 0 Å². The van der Waals surface area contributed by atoms with E-state index in [4.69, 9.17) is 4.74 Å². The number of ether oxygens (including phenoxy) is 1. The van der Waals surface area contributed by atoms with Gasteiger partial charge in [0.1, 0.15) is 11.3 Å². The van der Waals surface area contributed by atoms with Crippen LogP contribution in [0.4, 0.5) is 0 Å². The van der Waals surface area contributed by atoms with Crippen molar-refractivity contribution < 1.29 is 19.1 Å². The molecule has 0 fully saturated rings. The summed E-state index contributed by atoms with van der Waals surface area (Å²) in [4.78, 5) is 36.9. The Morgan fingerprint density at radius 3 is 2.38 bits per heavy atom. The molecule has 0 radical (unpaired) electrons. The van der Waals surface area contributed by atoms with Crippen LogP contribution in [0.3, 0.4) is 0 Å².